The third kappa shape index (κ3) is 4.37. The zero-order valence-corrected chi connectivity index (χ0v) is 17.9. The van der Waals surface area contributed by atoms with Gasteiger partial charge in [-0.15, -0.1) is 0 Å². The number of nitrogens with one attached hydrogen (secondary N) is 1. The van der Waals surface area contributed by atoms with Gasteiger partial charge in [-0.05, 0) is 55.7 Å². The van der Waals surface area contributed by atoms with Crippen LogP contribution in [0, 0.1) is 0 Å². The van der Waals surface area contributed by atoms with Gasteiger partial charge < -0.3 is 5.32 Å². The summed E-state index contributed by atoms with van der Waals surface area (Å²) in [5.41, 5.74) is 0.799. The molecule has 0 spiro atoms. The minimum atomic E-state index is -3.73. The Hall–Kier alpha value is -1.41. The van der Waals surface area contributed by atoms with E-state index in [1.54, 1.807) is 30.3 Å². The van der Waals surface area contributed by atoms with Crippen LogP contribution in [-0.2, 0) is 14.8 Å². The summed E-state index contributed by atoms with van der Waals surface area (Å²) in [6.07, 6.45) is 1.14. The summed E-state index contributed by atoms with van der Waals surface area (Å²) >= 11 is 9.50. The highest BCUT2D eigenvalue weighted by atomic mass is 79.9. The molecule has 1 N–H and O–H groups in total. The highest BCUT2D eigenvalue weighted by Gasteiger charge is 2.39. The molecule has 1 aliphatic heterocycles. The van der Waals surface area contributed by atoms with Crippen molar-refractivity contribution in [3.05, 3.63) is 63.6 Å². The minimum absolute atomic E-state index is 0.185. The van der Waals surface area contributed by atoms with Crippen LogP contribution < -0.4 is 5.32 Å². The maximum atomic E-state index is 13.0. The Kier molecular flexibility index (Phi) is 6.25. The average Bonchev–Trinajstić information content (AvgIpc) is 3.13. The van der Waals surface area contributed by atoms with Crippen molar-refractivity contribution in [1.82, 2.24) is 9.62 Å². The van der Waals surface area contributed by atoms with E-state index in [0.717, 1.165) is 10.0 Å². The third-order valence-corrected chi connectivity index (χ3v) is 7.45. The number of nitrogens with zero attached hydrogens (tertiary/aromatic N) is 1. The van der Waals surface area contributed by atoms with Crippen LogP contribution in [0.4, 0.5) is 0 Å². The van der Waals surface area contributed by atoms with Gasteiger partial charge in [-0.1, -0.05) is 45.7 Å². The van der Waals surface area contributed by atoms with Crippen LogP contribution in [0.15, 0.2) is 57.9 Å². The molecule has 27 heavy (non-hydrogen) atoms. The molecule has 0 unspecified atom stereocenters. The molecule has 3 rings (SSSR count). The van der Waals surface area contributed by atoms with Crippen LogP contribution in [0.2, 0.25) is 5.02 Å². The molecule has 144 valence electrons. The SMILES string of the molecule is C[C@H](NC(=O)[C@H]1CCCN1S(=O)(=O)c1ccc(Br)cc1)c1ccccc1Cl. The zero-order valence-electron chi connectivity index (χ0n) is 14.7. The fraction of sp³-hybridized carbons (Fsp3) is 0.316. The molecule has 8 heteroatoms. The first-order chi connectivity index (χ1) is 12.8. The molecule has 1 amide bonds. The number of halogens is 2. The van der Waals surface area contributed by atoms with Gasteiger partial charge in [0.15, 0.2) is 0 Å². The maximum absolute atomic E-state index is 13.0. The van der Waals surface area contributed by atoms with Gasteiger partial charge in [-0.3, -0.25) is 4.79 Å². The summed E-state index contributed by atoms with van der Waals surface area (Å²) < 4.78 is 28.1. The molecule has 1 aliphatic rings. The fourth-order valence-corrected chi connectivity index (χ4v) is 5.47. The first-order valence-electron chi connectivity index (χ1n) is 8.63. The maximum Gasteiger partial charge on any atom is 0.243 e. The van der Waals surface area contributed by atoms with Gasteiger partial charge in [-0.2, -0.15) is 4.31 Å². The topological polar surface area (TPSA) is 66.5 Å². The molecule has 5 nitrogen and oxygen atoms in total. The van der Waals surface area contributed by atoms with E-state index >= 15 is 0 Å². The molecule has 1 saturated heterocycles. The summed E-state index contributed by atoms with van der Waals surface area (Å²) in [5.74, 6) is -0.305. The molecule has 0 aromatic heterocycles. The molecule has 0 saturated carbocycles. The van der Waals surface area contributed by atoms with E-state index in [-0.39, 0.29) is 16.8 Å². The van der Waals surface area contributed by atoms with E-state index < -0.39 is 16.1 Å². The minimum Gasteiger partial charge on any atom is -0.348 e. The molecule has 1 fully saturated rings. The van der Waals surface area contributed by atoms with Gasteiger partial charge in [0.05, 0.1) is 10.9 Å². The Morgan fingerprint density at radius 2 is 1.89 bits per heavy atom. The summed E-state index contributed by atoms with van der Waals surface area (Å²) in [5, 5.41) is 3.47. The number of carbonyl (C=O) groups excluding carboxylic acids is 1. The van der Waals surface area contributed by atoms with E-state index in [4.69, 9.17) is 11.6 Å². The van der Waals surface area contributed by atoms with Crippen molar-refractivity contribution < 1.29 is 13.2 Å². The highest BCUT2D eigenvalue weighted by molar-refractivity contribution is 9.10. The predicted molar refractivity (Wildman–Crippen MR) is 109 cm³/mol. The first-order valence-corrected chi connectivity index (χ1v) is 11.2. The Morgan fingerprint density at radius 1 is 1.22 bits per heavy atom. The van der Waals surface area contributed by atoms with Crippen molar-refractivity contribution in [3.63, 3.8) is 0 Å². The van der Waals surface area contributed by atoms with Crippen molar-refractivity contribution >= 4 is 43.5 Å². The smallest absolute Gasteiger partial charge is 0.243 e. The van der Waals surface area contributed by atoms with E-state index in [0.29, 0.717) is 24.4 Å². The lowest BCUT2D eigenvalue weighted by molar-refractivity contribution is -0.124. The third-order valence-electron chi connectivity index (χ3n) is 4.66. The zero-order chi connectivity index (χ0) is 19.6. The lowest BCUT2D eigenvalue weighted by atomic mass is 10.1. The molecular formula is C19H20BrClN2O3S. The lowest BCUT2D eigenvalue weighted by Crippen LogP contribution is -2.46. The second-order valence-corrected chi connectivity index (χ2v) is 9.69. The summed E-state index contributed by atoms with van der Waals surface area (Å²) in [4.78, 5) is 13.0. The Balaban J connectivity index is 1.78. The number of hydrogen-bond donors (Lipinski definition) is 1. The molecular weight excluding hydrogens is 452 g/mol. The molecule has 0 radical (unpaired) electrons. The van der Waals surface area contributed by atoms with Crippen molar-refractivity contribution in [3.8, 4) is 0 Å². The number of amides is 1. The van der Waals surface area contributed by atoms with Crippen molar-refractivity contribution in [1.29, 1.82) is 0 Å². The number of hydrogen-bond acceptors (Lipinski definition) is 3. The van der Waals surface area contributed by atoms with Gasteiger partial charge in [0.2, 0.25) is 15.9 Å². The number of benzene rings is 2. The highest BCUT2D eigenvalue weighted by Crippen LogP contribution is 2.28. The second kappa shape index (κ2) is 8.31. The predicted octanol–water partition coefficient (Wildman–Crippen LogP) is 4.13. The largest absolute Gasteiger partial charge is 0.348 e. The van der Waals surface area contributed by atoms with E-state index in [1.165, 1.54) is 4.31 Å². The van der Waals surface area contributed by atoms with E-state index in [2.05, 4.69) is 21.2 Å². The van der Waals surface area contributed by atoms with Gasteiger partial charge in [0, 0.05) is 16.0 Å². The van der Waals surface area contributed by atoms with Crippen molar-refractivity contribution in [2.24, 2.45) is 0 Å². The Labute approximate surface area is 172 Å². The molecule has 2 atom stereocenters. The van der Waals surface area contributed by atoms with Gasteiger partial charge in [0.25, 0.3) is 0 Å². The van der Waals surface area contributed by atoms with Crippen molar-refractivity contribution in [2.75, 3.05) is 6.54 Å². The van der Waals surface area contributed by atoms with Crippen LogP contribution in [0.5, 0.6) is 0 Å². The lowest BCUT2D eigenvalue weighted by Gasteiger charge is -2.25. The van der Waals surface area contributed by atoms with Crippen LogP contribution in [-0.4, -0.2) is 31.2 Å². The molecule has 2 aromatic rings. The van der Waals surface area contributed by atoms with Crippen LogP contribution in [0.1, 0.15) is 31.4 Å². The van der Waals surface area contributed by atoms with Crippen molar-refractivity contribution in [2.45, 2.75) is 36.7 Å². The summed E-state index contributed by atoms with van der Waals surface area (Å²) in [6.45, 7) is 2.17. The molecule has 0 aliphatic carbocycles. The summed E-state index contributed by atoms with van der Waals surface area (Å²) in [7, 11) is -3.73. The number of sulfonamides is 1. The van der Waals surface area contributed by atoms with Gasteiger partial charge in [-0.25, -0.2) is 8.42 Å². The van der Waals surface area contributed by atoms with E-state index in [1.807, 2.05) is 25.1 Å². The normalized spacial score (nSPS) is 19.0. The van der Waals surface area contributed by atoms with E-state index in [9.17, 15) is 13.2 Å². The molecule has 2 aromatic carbocycles. The Morgan fingerprint density at radius 3 is 2.56 bits per heavy atom. The Bertz CT molecular complexity index is 934. The summed E-state index contributed by atoms with van der Waals surface area (Å²) in [6, 6.07) is 12.7. The van der Waals surface area contributed by atoms with Gasteiger partial charge in [0.1, 0.15) is 6.04 Å². The van der Waals surface area contributed by atoms with Crippen LogP contribution in [0.25, 0.3) is 0 Å². The van der Waals surface area contributed by atoms with Gasteiger partial charge >= 0.3 is 0 Å². The molecule has 1 heterocycles. The molecule has 0 bridgehead atoms. The monoisotopic (exact) mass is 470 g/mol. The number of rotatable bonds is 5. The standard InChI is InChI=1S/C19H20BrClN2O3S/c1-13(16-5-2-3-6-17(16)21)22-19(24)18-7-4-12-23(18)27(25,26)15-10-8-14(20)9-11-15/h2-3,5-6,8-11,13,18H,4,7,12H2,1H3,(H,22,24)/t13-,18+/m0/s1. The first kappa shape index (κ1) is 20.3. The average molecular weight is 472 g/mol. The van der Waals surface area contributed by atoms with Crippen LogP contribution in [0.3, 0.4) is 0 Å². The number of carbonyl (C=O) groups is 1. The van der Waals surface area contributed by atoms with Crippen LogP contribution >= 0.6 is 27.5 Å². The quantitative estimate of drug-likeness (QED) is 0.713. The fourth-order valence-electron chi connectivity index (χ4n) is 3.25. The second-order valence-electron chi connectivity index (χ2n) is 6.48.